The van der Waals surface area contributed by atoms with Gasteiger partial charge in [0, 0.05) is 11.4 Å². The summed E-state index contributed by atoms with van der Waals surface area (Å²) in [7, 11) is 0. The summed E-state index contributed by atoms with van der Waals surface area (Å²) in [5.74, 6) is -0.0963. The lowest BCUT2D eigenvalue weighted by Crippen LogP contribution is -2.08. The van der Waals surface area contributed by atoms with E-state index in [4.69, 9.17) is 28.2 Å². The average molecular weight is 242 g/mol. The average Bonchev–Trinajstić information content (AvgIpc) is 2.52. The van der Waals surface area contributed by atoms with E-state index >= 15 is 0 Å². The summed E-state index contributed by atoms with van der Waals surface area (Å²) in [6.07, 6.45) is 0.370. The summed E-state index contributed by atoms with van der Waals surface area (Å²) >= 11 is 10.8. The number of carbonyl (C=O) groups excluding carboxylic acids is 1. The van der Waals surface area contributed by atoms with Crippen molar-refractivity contribution in [1.29, 1.82) is 0 Å². The van der Waals surface area contributed by atoms with Crippen LogP contribution in [0.4, 0.5) is 0 Å². The van der Waals surface area contributed by atoms with Crippen LogP contribution >= 0.6 is 23.8 Å². The summed E-state index contributed by atoms with van der Waals surface area (Å²) in [6.45, 7) is 1.77. The van der Waals surface area contributed by atoms with Crippen molar-refractivity contribution in [3.63, 3.8) is 0 Å². The Bertz CT molecular complexity index is 585. The molecule has 78 valence electrons. The largest absolute Gasteiger partial charge is 0.429 e. The van der Waals surface area contributed by atoms with Crippen molar-refractivity contribution >= 4 is 40.8 Å². The van der Waals surface area contributed by atoms with Gasteiger partial charge in [-0.15, -0.1) is 0 Å². The second kappa shape index (κ2) is 3.79. The zero-order valence-electron chi connectivity index (χ0n) is 7.99. The molecule has 0 saturated heterocycles. The first-order chi connectivity index (χ1) is 7.13. The van der Waals surface area contributed by atoms with Crippen LogP contribution in [0, 0.1) is 4.84 Å². The highest BCUT2D eigenvalue weighted by Crippen LogP contribution is 2.21. The molecule has 5 heteroatoms. The maximum atomic E-state index is 11.6. The Labute approximate surface area is 96.3 Å². The van der Waals surface area contributed by atoms with Crippen molar-refractivity contribution in [3.05, 3.63) is 28.1 Å². The van der Waals surface area contributed by atoms with Gasteiger partial charge >= 0.3 is 0 Å². The van der Waals surface area contributed by atoms with Crippen molar-refractivity contribution in [2.75, 3.05) is 0 Å². The fourth-order valence-corrected chi connectivity index (χ4v) is 1.84. The second-order valence-electron chi connectivity index (χ2n) is 3.06. The van der Waals surface area contributed by atoms with Gasteiger partial charge in [0.1, 0.15) is 0 Å². The number of aromatic nitrogens is 1. The zero-order chi connectivity index (χ0) is 11.0. The van der Waals surface area contributed by atoms with Gasteiger partial charge in [-0.2, -0.15) is 0 Å². The Morgan fingerprint density at radius 2 is 2.33 bits per heavy atom. The summed E-state index contributed by atoms with van der Waals surface area (Å²) in [5.41, 5.74) is 1.20. The van der Waals surface area contributed by atoms with Crippen molar-refractivity contribution in [3.8, 4) is 0 Å². The van der Waals surface area contributed by atoms with Crippen LogP contribution in [0.3, 0.4) is 0 Å². The van der Waals surface area contributed by atoms with E-state index in [0.29, 0.717) is 22.5 Å². The van der Waals surface area contributed by atoms with E-state index in [9.17, 15) is 4.79 Å². The molecule has 0 fully saturated rings. The fourth-order valence-electron chi connectivity index (χ4n) is 1.38. The normalized spacial score (nSPS) is 10.8. The quantitative estimate of drug-likeness (QED) is 0.715. The molecule has 1 aromatic heterocycles. The molecule has 0 aliphatic heterocycles. The van der Waals surface area contributed by atoms with Crippen LogP contribution < -0.4 is 0 Å². The molecule has 0 amide bonds. The van der Waals surface area contributed by atoms with Crippen LogP contribution in [0.25, 0.3) is 11.1 Å². The standard InChI is InChI=1S/C10H8ClNO2S/c1-2-9(13)12-7-5-6(11)3-4-8(7)14-10(12)15/h3-5H,2H2,1H3. The molecule has 2 rings (SSSR count). The van der Waals surface area contributed by atoms with E-state index in [1.165, 1.54) is 4.57 Å². The van der Waals surface area contributed by atoms with Gasteiger partial charge in [0.2, 0.25) is 5.91 Å². The Kier molecular flexibility index (Phi) is 2.63. The van der Waals surface area contributed by atoms with Crippen LogP contribution in [0.1, 0.15) is 18.1 Å². The van der Waals surface area contributed by atoms with E-state index in [1.807, 2.05) is 0 Å². The first-order valence-corrected chi connectivity index (χ1v) is 5.26. The van der Waals surface area contributed by atoms with Crippen molar-refractivity contribution < 1.29 is 9.21 Å². The van der Waals surface area contributed by atoms with Crippen molar-refractivity contribution in [1.82, 2.24) is 4.57 Å². The van der Waals surface area contributed by atoms with Crippen LogP contribution in [0.15, 0.2) is 22.6 Å². The van der Waals surface area contributed by atoms with Gasteiger partial charge in [-0.1, -0.05) is 18.5 Å². The van der Waals surface area contributed by atoms with Crippen LogP contribution in [-0.2, 0) is 0 Å². The third-order valence-electron chi connectivity index (χ3n) is 2.09. The molecule has 1 aromatic carbocycles. The van der Waals surface area contributed by atoms with Gasteiger partial charge < -0.3 is 4.42 Å². The summed E-state index contributed by atoms with van der Waals surface area (Å²) < 4.78 is 6.65. The molecule has 15 heavy (non-hydrogen) atoms. The van der Waals surface area contributed by atoms with E-state index in [0.717, 1.165) is 0 Å². The summed E-state index contributed by atoms with van der Waals surface area (Å²) in [5, 5.41) is 0.552. The van der Waals surface area contributed by atoms with Crippen LogP contribution in [0.2, 0.25) is 5.02 Å². The predicted molar refractivity (Wildman–Crippen MR) is 61.0 cm³/mol. The minimum absolute atomic E-state index is 0.0963. The molecule has 0 unspecified atom stereocenters. The predicted octanol–water partition coefficient (Wildman–Crippen LogP) is 3.67. The van der Waals surface area contributed by atoms with Crippen molar-refractivity contribution in [2.24, 2.45) is 0 Å². The first kappa shape index (κ1) is 10.4. The van der Waals surface area contributed by atoms with Gasteiger partial charge in [-0.3, -0.25) is 4.79 Å². The number of benzene rings is 1. The number of nitrogens with zero attached hydrogens (tertiary/aromatic N) is 1. The molecule has 1 heterocycles. The second-order valence-corrected chi connectivity index (χ2v) is 3.85. The number of hydrogen-bond donors (Lipinski definition) is 0. The molecular formula is C10H8ClNO2S. The third kappa shape index (κ3) is 1.70. The molecule has 0 bridgehead atoms. The summed E-state index contributed by atoms with van der Waals surface area (Å²) in [4.78, 5) is 11.8. The van der Waals surface area contributed by atoms with E-state index in [2.05, 4.69) is 0 Å². The SMILES string of the molecule is CCC(=O)n1c(=S)oc2ccc(Cl)cc21. The monoisotopic (exact) mass is 241 g/mol. The number of fused-ring (bicyclic) bond motifs is 1. The molecule has 0 aliphatic carbocycles. The van der Waals surface area contributed by atoms with Gasteiger partial charge in [0.25, 0.3) is 4.84 Å². The van der Waals surface area contributed by atoms with Crippen LogP contribution in [-0.4, -0.2) is 10.5 Å². The topological polar surface area (TPSA) is 35.1 Å². The van der Waals surface area contributed by atoms with E-state index < -0.39 is 0 Å². The fraction of sp³-hybridized carbons (Fsp3) is 0.200. The highest BCUT2D eigenvalue weighted by Gasteiger charge is 2.12. The first-order valence-electron chi connectivity index (χ1n) is 4.47. The molecule has 0 spiro atoms. The third-order valence-corrected chi connectivity index (χ3v) is 2.59. The number of hydrogen-bond acceptors (Lipinski definition) is 3. The van der Waals surface area contributed by atoms with Gasteiger partial charge in [-0.25, -0.2) is 4.57 Å². The van der Waals surface area contributed by atoms with Crippen molar-refractivity contribution in [2.45, 2.75) is 13.3 Å². The van der Waals surface area contributed by atoms with Gasteiger partial charge in [0.05, 0.1) is 5.52 Å². The lowest BCUT2D eigenvalue weighted by atomic mass is 10.3. The maximum absolute atomic E-state index is 11.6. The Morgan fingerprint density at radius 3 is 3.00 bits per heavy atom. The number of carbonyl (C=O) groups is 1. The molecule has 3 nitrogen and oxygen atoms in total. The number of halogens is 1. The number of rotatable bonds is 1. The lowest BCUT2D eigenvalue weighted by molar-refractivity contribution is 0.0908. The van der Waals surface area contributed by atoms with Crippen LogP contribution in [0.5, 0.6) is 0 Å². The zero-order valence-corrected chi connectivity index (χ0v) is 9.56. The smallest absolute Gasteiger partial charge is 0.276 e. The molecule has 2 aromatic rings. The molecule has 0 aliphatic rings. The molecule has 0 saturated carbocycles. The summed E-state index contributed by atoms with van der Waals surface area (Å²) in [6, 6.07) is 5.07. The van der Waals surface area contributed by atoms with E-state index in [-0.39, 0.29) is 10.7 Å². The molecule has 0 N–H and O–H groups in total. The Hall–Kier alpha value is -1.13. The highest BCUT2D eigenvalue weighted by atomic mass is 35.5. The molecular weight excluding hydrogens is 234 g/mol. The number of oxazole rings is 1. The lowest BCUT2D eigenvalue weighted by Gasteiger charge is -1.98. The Morgan fingerprint density at radius 1 is 1.60 bits per heavy atom. The molecule has 0 atom stereocenters. The Balaban J connectivity index is 2.82. The highest BCUT2D eigenvalue weighted by molar-refractivity contribution is 7.71. The molecule has 0 radical (unpaired) electrons. The van der Waals surface area contributed by atoms with E-state index in [1.54, 1.807) is 25.1 Å². The minimum atomic E-state index is -0.0963. The van der Waals surface area contributed by atoms with Gasteiger partial charge in [-0.05, 0) is 30.4 Å². The maximum Gasteiger partial charge on any atom is 0.276 e. The van der Waals surface area contributed by atoms with Gasteiger partial charge in [0.15, 0.2) is 5.58 Å². The minimum Gasteiger partial charge on any atom is -0.429 e.